The standard InChI is InChI=1S/C24H19ClN4O/c1-16-5-7-17(8-6-16)22-14-23(27-15-26-22)28-21-4-2-3-18(13-21)24(30)29-20-11-9-19(25)10-12-20/h2-15H,1H3,(H,29,30)(H,26,27,28). The number of carbonyl (C=O) groups excluding carboxylic acids is 1. The third-order valence-electron chi connectivity index (χ3n) is 4.51. The molecule has 0 spiro atoms. The summed E-state index contributed by atoms with van der Waals surface area (Å²) < 4.78 is 0. The van der Waals surface area contributed by atoms with E-state index in [4.69, 9.17) is 11.6 Å². The van der Waals surface area contributed by atoms with Crippen LogP contribution in [0.3, 0.4) is 0 Å². The van der Waals surface area contributed by atoms with Gasteiger partial charge in [-0.3, -0.25) is 4.79 Å². The maximum Gasteiger partial charge on any atom is 0.255 e. The van der Waals surface area contributed by atoms with Crippen molar-refractivity contribution >= 4 is 34.7 Å². The van der Waals surface area contributed by atoms with Crippen LogP contribution in [0.25, 0.3) is 11.3 Å². The van der Waals surface area contributed by atoms with Crippen LogP contribution in [-0.2, 0) is 0 Å². The summed E-state index contributed by atoms with van der Waals surface area (Å²) in [6, 6.07) is 24.3. The number of aromatic nitrogens is 2. The van der Waals surface area contributed by atoms with E-state index in [1.165, 1.54) is 11.9 Å². The van der Waals surface area contributed by atoms with Crippen LogP contribution in [0.2, 0.25) is 5.02 Å². The van der Waals surface area contributed by atoms with E-state index >= 15 is 0 Å². The highest BCUT2D eigenvalue weighted by molar-refractivity contribution is 6.30. The smallest absolute Gasteiger partial charge is 0.255 e. The molecule has 5 nitrogen and oxygen atoms in total. The SMILES string of the molecule is Cc1ccc(-c2cc(Nc3cccc(C(=O)Nc4ccc(Cl)cc4)c3)ncn2)cc1. The molecule has 0 unspecified atom stereocenters. The van der Waals surface area contributed by atoms with Gasteiger partial charge in [-0.05, 0) is 49.4 Å². The molecular formula is C24H19ClN4O. The molecule has 0 fully saturated rings. The Morgan fingerprint density at radius 1 is 0.867 bits per heavy atom. The monoisotopic (exact) mass is 414 g/mol. The molecule has 30 heavy (non-hydrogen) atoms. The number of nitrogens with one attached hydrogen (secondary N) is 2. The zero-order valence-electron chi connectivity index (χ0n) is 16.3. The van der Waals surface area contributed by atoms with E-state index in [9.17, 15) is 4.79 Å². The van der Waals surface area contributed by atoms with Gasteiger partial charge in [-0.15, -0.1) is 0 Å². The van der Waals surface area contributed by atoms with E-state index in [0.717, 1.165) is 16.9 Å². The molecule has 1 aromatic heterocycles. The number of carbonyl (C=O) groups is 1. The molecule has 0 saturated heterocycles. The Bertz CT molecular complexity index is 1170. The molecule has 0 aliphatic heterocycles. The lowest BCUT2D eigenvalue weighted by Crippen LogP contribution is -2.12. The van der Waals surface area contributed by atoms with Crippen LogP contribution in [0.15, 0.2) is 85.2 Å². The number of nitrogens with zero attached hydrogens (tertiary/aromatic N) is 2. The molecule has 0 atom stereocenters. The zero-order chi connectivity index (χ0) is 20.9. The van der Waals surface area contributed by atoms with Crippen LogP contribution in [0, 0.1) is 6.92 Å². The fourth-order valence-electron chi connectivity index (χ4n) is 2.93. The Balaban J connectivity index is 1.50. The molecule has 2 N–H and O–H groups in total. The van der Waals surface area contributed by atoms with Gasteiger partial charge in [-0.25, -0.2) is 9.97 Å². The van der Waals surface area contributed by atoms with Crippen LogP contribution >= 0.6 is 11.6 Å². The van der Waals surface area contributed by atoms with Crippen LogP contribution in [0.1, 0.15) is 15.9 Å². The predicted octanol–water partition coefficient (Wildman–Crippen LogP) is 6.10. The molecule has 1 amide bonds. The summed E-state index contributed by atoms with van der Waals surface area (Å²) in [6.45, 7) is 2.05. The summed E-state index contributed by atoms with van der Waals surface area (Å²) in [7, 11) is 0. The van der Waals surface area contributed by atoms with Crippen molar-refractivity contribution in [1.29, 1.82) is 0 Å². The molecule has 0 aliphatic rings. The van der Waals surface area contributed by atoms with E-state index < -0.39 is 0 Å². The Kier molecular flexibility index (Phi) is 5.72. The van der Waals surface area contributed by atoms with Crippen molar-refractivity contribution in [2.24, 2.45) is 0 Å². The normalized spacial score (nSPS) is 10.5. The molecule has 3 aromatic carbocycles. The van der Waals surface area contributed by atoms with Gasteiger partial charge in [0.05, 0.1) is 5.69 Å². The van der Waals surface area contributed by atoms with Gasteiger partial charge in [0.2, 0.25) is 0 Å². The number of aryl methyl sites for hydroxylation is 1. The average Bonchev–Trinajstić information content (AvgIpc) is 2.76. The molecule has 4 aromatic rings. The molecule has 4 rings (SSSR count). The first-order valence-electron chi connectivity index (χ1n) is 9.40. The minimum Gasteiger partial charge on any atom is -0.340 e. The van der Waals surface area contributed by atoms with Crippen LogP contribution < -0.4 is 10.6 Å². The largest absolute Gasteiger partial charge is 0.340 e. The molecule has 0 aliphatic carbocycles. The number of hydrogen-bond donors (Lipinski definition) is 2. The molecule has 6 heteroatoms. The quantitative estimate of drug-likeness (QED) is 0.414. The lowest BCUT2D eigenvalue weighted by molar-refractivity contribution is 0.102. The highest BCUT2D eigenvalue weighted by atomic mass is 35.5. The predicted molar refractivity (Wildman–Crippen MR) is 121 cm³/mol. The van der Waals surface area contributed by atoms with Crippen molar-refractivity contribution in [2.45, 2.75) is 6.92 Å². The fraction of sp³-hybridized carbons (Fsp3) is 0.0417. The minimum atomic E-state index is -0.205. The number of amides is 1. The number of halogens is 1. The molecule has 0 bridgehead atoms. The van der Waals surface area contributed by atoms with Gasteiger partial charge in [-0.2, -0.15) is 0 Å². The van der Waals surface area contributed by atoms with Crippen LogP contribution in [0.4, 0.5) is 17.2 Å². The third-order valence-corrected chi connectivity index (χ3v) is 4.77. The Morgan fingerprint density at radius 3 is 2.40 bits per heavy atom. The van der Waals surface area contributed by atoms with Gasteiger partial charge in [0.1, 0.15) is 12.1 Å². The van der Waals surface area contributed by atoms with E-state index in [0.29, 0.717) is 22.1 Å². The third kappa shape index (κ3) is 4.82. The Morgan fingerprint density at radius 2 is 1.63 bits per heavy atom. The fourth-order valence-corrected chi connectivity index (χ4v) is 3.06. The second-order valence-electron chi connectivity index (χ2n) is 6.82. The summed E-state index contributed by atoms with van der Waals surface area (Å²) in [4.78, 5) is 21.2. The first kappa shape index (κ1) is 19.6. The second kappa shape index (κ2) is 8.76. The van der Waals surface area contributed by atoms with Crippen molar-refractivity contribution in [1.82, 2.24) is 9.97 Å². The maximum atomic E-state index is 12.6. The maximum absolute atomic E-state index is 12.6. The zero-order valence-corrected chi connectivity index (χ0v) is 17.0. The summed E-state index contributed by atoms with van der Waals surface area (Å²) >= 11 is 5.89. The Hall–Kier alpha value is -3.70. The van der Waals surface area contributed by atoms with Gasteiger partial charge in [0, 0.05) is 33.6 Å². The molecule has 0 radical (unpaired) electrons. The van der Waals surface area contributed by atoms with E-state index in [1.54, 1.807) is 36.4 Å². The van der Waals surface area contributed by atoms with Gasteiger partial charge < -0.3 is 10.6 Å². The van der Waals surface area contributed by atoms with Crippen molar-refractivity contribution in [3.63, 3.8) is 0 Å². The lowest BCUT2D eigenvalue weighted by atomic mass is 10.1. The molecular weight excluding hydrogens is 396 g/mol. The minimum absolute atomic E-state index is 0.205. The Labute approximate surface area is 179 Å². The number of hydrogen-bond acceptors (Lipinski definition) is 4. The van der Waals surface area contributed by atoms with E-state index in [-0.39, 0.29) is 5.91 Å². The van der Waals surface area contributed by atoms with Gasteiger partial charge in [0.25, 0.3) is 5.91 Å². The summed E-state index contributed by atoms with van der Waals surface area (Å²) in [5.74, 6) is 0.444. The van der Waals surface area contributed by atoms with E-state index in [1.807, 2.05) is 49.4 Å². The summed E-state index contributed by atoms with van der Waals surface area (Å²) in [5.41, 5.74) is 5.00. The number of benzene rings is 3. The highest BCUT2D eigenvalue weighted by Gasteiger charge is 2.08. The first-order valence-corrected chi connectivity index (χ1v) is 9.78. The molecule has 0 saturated carbocycles. The van der Waals surface area contributed by atoms with Crippen molar-refractivity contribution in [3.05, 3.63) is 101 Å². The van der Waals surface area contributed by atoms with Crippen molar-refractivity contribution in [2.75, 3.05) is 10.6 Å². The summed E-state index contributed by atoms with van der Waals surface area (Å²) in [5, 5.41) is 6.72. The van der Waals surface area contributed by atoms with Gasteiger partial charge >= 0.3 is 0 Å². The number of rotatable bonds is 5. The number of anilines is 3. The van der Waals surface area contributed by atoms with Crippen molar-refractivity contribution in [3.8, 4) is 11.3 Å². The first-order chi connectivity index (χ1) is 14.6. The van der Waals surface area contributed by atoms with Crippen LogP contribution in [-0.4, -0.2) is 15.9 Å². The van der Waals surface area contributed by atoms with E-state index in [2.05, 4.69) is 20.6 Å². The van der Waals surface area contributed by atoms with Crippen LogP contribution in [0.5, 0.6) is 0 Å². The van der Waals surface area contributed by atoms with Crippen molar-refractivity contribution < 1.29 is 4.79 Å². The van der Waals surface area contributed by atoms with Gasteiger partial charge in [0.15, 0.2) is 0 Å². The molecule has 1 heterocycles. The lowest BCUT2D eigenvalue weighted by Gasteiger charge is -2.10. The highest BCUT2D eigenvalue weighted by Crippen LogP contribution is 2.22. The topological polar surface area (TPSA) is 66.9 Å². The van der Waals surface area contributed by atoms with Gasteiger partial charge in [-0.1, -0.05) is 47.5 Å². The second-order valence-corrected chi connectivity index (χ2v) is 7.26. The average molecular weight is 415 g/mol. The summed E-state index contributed by atoms with van der Waals surface area (Å²) in [6.07, 6.45) is 1.52. The molecule has 148 valence electrons.